The number of halogens is 2. The van der Waals surface area contributed by atoms with Crippen LogP contribution < -0.4 is 5.56 Å². The smallest absolute Gasteiger partial charge is 0.282 e. The standard InChI is InChI=1S/C26H23BrClN3O2/c1-16-7-8-18(13-22(16)28)24-12-10-20(33-24)15-29-31-25(17-5-3-2-4-6-17)30-23-11-9-19(27)14-21(23)26(31)32/h7-15,17H,2-6H2,1H3. The first kappa shape index (κ1) is 22.1. The maximum atomic E-state index is 13.4. The Hall–Kier alpha value is -2.70. The predicted octanol–water partition coefficient (Wildman–Crippen LogP) is 7.31. The van der Waals surface area contributed by atoms with Crippen LogP contribution in [0.15, 0.2) is 67.3 Å². The van der Waals surface area contributed by atoms with Gasteiger partial charge in [-0.3, -0.25) is 4.79 Å². The number of hydrogen-bond donors (Lipinski definition) is 0. The van der Waals surface area contributed by atoms with Gasteiger partial charge >= 0.3 is 0 Å². The third-order valence-corrected chi connectivity index (χ3v) is 7.09. The molecule has 7 heteroatoms. The predicted molar refractivity (Wildman–Crippen MR) is 136 cm³/mol. The number of hydrogen-bond acceptors (Lipinski definition) is 4. The van der Waals surface area contributed by atoms with Gasteiger partial charge in [0.1, 0.15) is 17.3 Å². The number of aryl methyl sites for hydroxylation is 1. The second-order valence-electron chi connectivity index (χ2n) is 8.49. The van der Waals surface area contributed by atoms with E-state index in [9.17, 15) is 4.79 Å². The first-order valence-electron chi connectivity index (χ1n) is 11.1. The van der Waals surface area contributed by atoms with E-state index in [-0.39, 0.29) is 11.5 Å². The monoisotopic (exact) mass is 523 g/mol. The highest BCUT2D eigenvalue weighted by Crippen LogP contribution is 2.32. The van der Waals surface area contributed by atoms with Gasteiger partial charge in [-0.15, -0.1) is 0 Å². The van der Waals surface area contributed by atoms with Gasteiger partial charge in [0, 0.05) is 21.0 Å². The second kappa shape index (κ2) is 9.27. The summed E-state index contributed by atoms with van der Waals surface area (Å²) in [5.74, 6) is 2.19. The molecule has 1 saturated carbocycles. The van der Waals surface area contributed by atoms with E-state index in [2.05, 4.69) is 21.0 Å². The molecule has 0 amide bonds. The Kier molecular flexibility index (Phi) is 6.21. The molecule has 168 valence electrons. The van der Waals surface area contributed by atoms with Crippen LogP contribution in [0.3, 0.4) is 0 Å². The van der Waals surface area contributed by atoms with Crippen LogP contribution in [-0.2, 0) is 0 Å². The molecule has 2 aromatic carbocycles. The molecule has 2 heterocycles. The van der Waals surface area contributed by atoms with Crippen molar-refractivity contribution in [2.75, 3.05) is 0 Å². The zero-order valence-electron chi connectivity index (χ0n) is 18.2. The van der Waals surface area contributed by atoms with Gasteiger partial charge in [0.05, 0.1) is 17.1 Å². The van der Waals surface area contributed by atoms with Crippen molar-refractivity contribution in [1.82, 2.24) is 9.66 Å². The molecular weight excluding hydrogens is 502 g/mol. The summed E-state index contributed by atoms with van der Waals surface area (Å²) >= 11 is 9.72. The van der Waals surface area contributed by atoms with Crippen molar-refractivity contribution in [2.24, 2.45) is 5.10 Å². The third-order valence-electron chi connectivity index (χ3n) is 6.19. The highest BCUT2D eigenvalue weighted by molar-refractivity contribution is 9.10. The minimum Gasteiger partial charge on any atom is -0.455 e. The molecule has 0 saturated heterocycles. The van der Waals surface area contributed by atoms with E-state index in [0.29, 0.717) is 27.4 Å². The van der Waals surface area contributed by atoms with Gasteiger partial charge in [-0.1, -0.05) is 58.9 Å². The number of fused-ring (bicyclic) bond motifs is 1. The minimum absolute atomic E-state index is 0.171. The van der Waals surface area contributed by atoms with Crippen LogP contribution in [0.2, 0.25) is 5.02 Å². The van der Waals surface area contributed by atoms with Gasteiger partial charge in [0.25, 0.3) is 5.56 Å². The zero-order chi connectivity index (χ0) is 22.9. The normalized spacial score (nSPS) is 15.0. The molecule has 0 aliphatic heterocycles. The maximum absolute atomic E-state index is 13.4. The molecule has 33 heavy (non-hydrogen) atoms. The van der Waals surface area contributed by atoms with Crippen LogP contribution in [0, 0.1) is 6.92 Å². The van der Waals surface area contributed by atoms with Crippen molar-refractivity contribution >= 4 is 44.6 Å². The van der Waals surface area contributed by atoms with Gasteiger partial charge in [-0.25, -0.2) is 4.98 Å². The Balaban J connectivity index is 1.55. The molecule has 0 unspecified atom stereocenters. The summed E-state index contributed by atoms with van der Waals surface area (Å²) in [4.78, 5) is 18.3. The molecule has 4 aromatic rings. The summed E-state index contributed by atoms with van der Waals surface area (Å²) in [7, 11) is 0. The molecule has 5 nitrogen and oxygen atoms in total. The molecule has 5 rings (SSSR count). The summed E-state index contributed by atoms with van der Waals surface area (Å²) in [6.07, 6.45) is 7.12. The van der Waals surface area contributed by atoms with Gasteiger partial charge in [-0.05, 0) is 61.7 Å². The number of nitrogens with zero attached hydrogens (tertiary/aromatic N) is 3. The number of benzene rings is 2. The lowest BCUT2D eigenvalue weighted by Gasteiger charge is -2.22. The fourth-order valence-electron chi connectivity index (χ4n) is 4.34. The van der Waals surface area contributed by atoms with Crippen LogP contribution in [0.5, 0.6) is 0 Å². The van der Waals surface area contributed by atoms with Gasteiger partial charge in [-0.2, -0.15) is 9.78 Å². The van der Waals surface area contributed by atoms with Crippen LogP contribution in [0.1, 0.15) is 55.2 Å². The van der Waals surface area contributed by atoms with Crippen molar-refractivity contribution < 1.29 is 4.42 Å². The summed E-state index contributed by atoms with van der Waals surface area (Å²) in [5, 5.41) is 5.78. The Morgan fingerprint density at radius 2 is 1.94 bits per heavy atom. The molecule has 0 spiro atoms. The second-order valence-corrected chi connectivity index (χ2v) is 9.82. The lowest BCUT2D eigenvalue weighted by atomic mass is 9.88. The number of aromatic nitrogens is 2. The number of furan rings is 1. The summed E-state index contributed by atoms with van der Waals surface area (Å²) in [5.41, 5.74) is 2.43. The Labute approximate surface area is 205 Å². The SMILES string of the molecule is Cc1ccc(-c2ccc(C=Nn3c(C4CCCCC4)nc4ccc(Br)cc4c3=O)o2)cc1Cl. The largest absolute Gasteiger partial charge is 0.455 e. The molecule has 0 radical (unpaired) electrons. The highest BCUT2D eigenvalue weighted by atomic mass is 79.9. The summed E-state index contributed by atoms with van der Waals surface area (Å²) in [6.45, 7) is 1.96. The Bertz CT molecular complexity index is 1420. The summed E-state index contributed by atoms with van der Waals surface area (Å²) < 4.78 is 8.26. The molecule has 1 aliphatic carbocycles. The molecule has 0 bridgehead atoms. The van der Waals surface area contributed by atoms with Crippen LogP contribution in [0.4, 0.5) is 0 Å². The van der Waals surface area contributed by atoms with E-state index in [1.807, 2.05) is 49.4 Å². The lowest BCUT2D eigenvalue weighted by molar-refractivity contribution is 0.416. The van der Waals surface area contributed by atoms with E-state index < -0.39 is 0 Å². The van der Waals surface area contributed by atoms with Crippen LogP contribution >= 0.6 is 27.5 Å². The van der Waals surface area contributed by atoms with Crippen molar-refractivity contribution in [1.29, 1.82) is 0 Å². The lowest BCUT2D eigenvalue weighted by Crippen LogP contribution is -2.25. The van der Waals surface area contributed by atoms with E-state index in [0.717, 1.165) is 47.1 Å². The van der Waals surface area contributed by atoms with E-state index in [4.69, 9.17) is 21.0 Å². The average molecular weight is 525 g/mol. The highest BCUT2D eigenvalue weighted by Gasteiger charge is 2.22. The molecule has 0 atom stereocenters. The van der Waals surface area contributed by atoms with Gasteiger partial charge in [0.2, 0.25) is 0 Å². The van der Waals surface area contributed by atoms with E-state index in [1.54, 1.807) is 12.3 Å². The van der Waals surface area contributed by atoms with Crippen molar-refractivity contribution in [3.05, 3.63) is 85.5 Å². The van der Waals surface area contributed by atoms with Crippen molar-refractivity contribution in [2.45, 2.75) is 44.9 Å². The van der Waals surface area contributed by atoms with Crippen molar-refractivity contribution in [3.63, 3.8) is 0 Å². The van der Waals surface area contributed by atoms with E-state index in [1.165, 1.54) is 11.1 Å². The first-order chi connectivity index (χ1) is 16.0. The Morgan fingerprint density at radius 1 is 1.12 bits per heavy atom. The molecular formula is C26H23BrClN3O2. The van der Waals surface area contributed by atoms with Crippen LogP contribution in [0.25, 0.3) is 22.2 Å². The van der Waals surface area contributed by atoms with E-state index >= 15 is 0 Å². The first-order valence-corrected chi connectivity index (χ1v) is 12.3. The number of rotatable bonds is 4. The average Bonchev–Trinajstić information content (AvgIpc) is 3.30. The Morgan fingerprint density at radius 3 is 2.73 bits per heavy atom. The van der Waals surface area contributed by atoms with Gasteiger partial charge in [0.15, 0.2) is 0 Å². The molecule has 1 fully saturated rings. The topological polar surface area (TPSA) is 60.4 Å². The fraction of sp³-hybridized carbons (Fsp3) is 0.269. The van der Waals surface area contributed by atoms with Crippen molar-refractivity contribution in [3.8, 4) is 11.3 Å². The van der Waals surface area contributed by atoms with Gasteiger partial charge < -0.3 is 4.42 Å². The minimum atomic E-state index is -0.171. The summed E-state index contributed by atoms with van der Waals surface area (Å²) in [6, 6.07) is 15.1. The molecule has 1 aliphatic rings. The zero-order valence-corrected chi connectivity index (χ0v) is 20.6. The fourth-order valence-corrected chi connectivity index (χ4v) is 4.88. The third kappa shape index (κ3) is 4.55. The molecule has 2 aromatic heterocycles. The van der Waals surface area contributed by atoms with Crippen LogP contribution in [-0.4, -0.2) is 15.9 Å². The quantitative estimate of drug-likeness (QED) is 0.263. The maximum Gasteiger partial charge on any atom is 0.282 e. The molecule has 0 N–H and O–H groups in total.